The number of methoxy groups -OCH3 is 1. The van der Waals surface area contributed by atoms with E-state index < -0.39 is 0 Å². The number of carbonyl (C=O) groups is 1. The molecule has 0 aliphatic carbocycles. The summed E-state index contributed by atoms with van der Waals surface area (Å²) in [5, 5.41) is 3.61. The van der Waals surface area contributed by atoms with Crippen LogP contribution in [0, 0.1) is 5.92 Å². The van der Waals surface area contributed by atoms with Gasteiger partial charge in [0.2, 0.25) is 5.91 Å². The van der Waals surface area contributed by atoms with Crippen molar-refractivity contribution in [2.75, 3.05) is 33.3 Å². The van der Waals surface area contributed by atoms with Gasteiger partial charge in [0.25, 0.3) is 0 Å². The maximum atomic E-state index is 12.1. The molecule has 2 rings (SSSR count). The van der Waals surface area contributed by atoms with Gasteiger partial charge < -0.3 is 15.8 Å². The monoisotopic (exact) mass is 325 g/mol. The van der Waals surface area contributed by atoms with Gasteiger partial charge >= 0.3 is 0 Å². The summed E-state index contributed by atoms with van der Waals surface area (Å²) < 4.78 is 5.25. The van der Waals surface area contributed by atoms with Crippen LogP contribution in [-0.2, 0) is 11.3 Å². The van der Waals surface area contributed by atoms with Gasteiger partial charge in [-0.15, -0.1) is 0 Å². The summed E-state index contributed by atoms with van der Waals surface area (Å²) in [5.74, 6) is 0.935. The Bertz CT molecular complexity index is 510. The van der Waals surface area contributed by atoms with Crippen molar-refractivity contribution in [2.24, 2.45) is 11.7 Å². The van der Waals surface area contributed by atoms with Crippen LogP contribution in [0.15, 0.2) is 18.2 Å². The Balaban J connectivity index is 1.96. The van der Waals surface area contributed by atoms with Crippen molar-refractivity contribution in [3.05, 3.63) is 28.8 Å². The number of nitrogens with two attached hydrogens (primary N) is 1. The highest BCUT2D eigenvalue weighted by atomic mass is 35.5. The van der Waals surface area contributed by atoms with Crippen molar-refractivity contribution in [1.82, 2.24) is 10.2 Å². The number of ether oxygens (including phenoxy) is 1. The summed E-state index contributed by atoms with van der Waals surface area (Å²) in [7, 11) is 1.64. The van der Waals surface area contributed by atoms with E-state index in [9.17, 15) is 4.79 Å². The molecule has 1 heterocycles. The second-order valence-electron chi connectivity index (χ2n) is 5.61. The first kappa shape index (κ1) is 17.1. The number of piperidine rings is 1. The van der Waals surface area contributed by atoms with Crippen LogP contribution in [0.1, 0.15) is 18.4 Å². The highest BCUT2D eigenvalue weighted by Gasteiger charge is 2.25. The van der Waals surface area contributed by atoms with Gasteiger partial charge in [-0.1, -0.05) is 11.6 Å². The predicted molar refractivity (Wildman–Crippen MR) is 88.1 cm³/mol. The minimum Gasteiger partial charge on any atom is -0.497 e. The summed E-state index contributed by atoms with van der Waals surface area (Å²) in [6.45, 7) is 3.48. The van der Waals surface area contributed by atoms with E-state index in [1.165, 1.54) is 0 Å². The first-order valence-corrected chi connectivity index (χ1v) is 8.04. The molecule has 0 aromatic heterocycles. The number of hydrogen-bond acceptors (Lipinski definition) is 4. The van der Waals surface area contributed by atoms with E-state index in [-0.39, 0.29) is 11.8 Å². The van der Waals surface area contributed by atoms with Crippen LogP contribution < -0.4 is 15.8 Å². The van der Waals surface area contributed by atoms with Gasteiger partial charge in [-0.3, -0.25) is 9.69 Å². The lowest BCUT2D eigenvalue weighted by Crippen LogP contribution is -2.43. The lowest BCUT2D eigenvalue weighted by molar-refractivity contribution is -0.126. The number of benzene rings is 1. The molecule has 22 heavy (non-hydrogen) atoms. The van der Waals surface area contributed by atoms with Gasteiger partial charge in [-0.05, 0) is 43.1 Å². The molecular formula is C16H24ClN3O2. The Hall–Kier alpha value is -1.30. The van der Waals surface area contributed by atoms with E-state index in [0.29, 0.717) is 13.1 Å². The molecule has 1 aromatic rings. The molecular weight excluding hydrogens is 302 g/mol. The van der Waals surface area contributed by atoms with Gasteiger partial charge in [0.05, 0.1) is 13.0 Å². The predicted octanol–water partition coefficient (Wildman–Crippen LogP) is 1.64. The Morgan fingerprint density at radius 2 is 2.36 bits per heavy atom. The number of carbonyl (C=O) groups excluding carboxylic acids is 1. The van der Waals surface area contributed by atoms with Crippen LogP contribution in [0.3, 0.4) is 0 Å². The molecule has 5 nitrogen and oxygen atoms in total. The second kappa shape index (κ2) is 8.36. The maximum Gasteiger partial charge on any atom is 0.224 e. The molecule has 122 valence electrons. The number of nitrogens with one attached hydrogen (secondary N) is 1. The van der Waals surface area contributed by atoms with Crippen molar-refractivity contribution < 1.29 is 9.53 Å². The molecule has 1 amide bonds. The van der Waals surface area contributed by atoms with E-state index in [0.717, 1.165) is 48.8 Å². The van der Waals surface area contributed by atoms with E-state index in [2.05, 4.69) is 10.2 Å². The van der Waals surface area contributed by atoms with Gasteiger partial charge in [0.15, 0.2) is 0 Å². The number of amides is 1. The Morgan fingerprint density at radius 3 is 3.09 bits per heavy atom. The van der Waals surface area contributed by atoms with Gasteiger partial charge in [0.1, 0.15) is 5.75 Å². The van der Waals surface area contributed by atoms with E-state index >= 15 is 0 Å². The molecule has 1 aliphatic rings. The van der Waals surface area contributed by atoms with Crippen LogP contribution in [0.2, 0.25) is 5.02 Å². The van der Waals surface area contributed by atoms with Crippen molar-refractivity contribution in [3.63, 3.8) is 0 Å². The van der Waals surface area contributed by atoms with E-state index in [1.54, 1.807) is 7.11 Å². The topological polar surface area (TPSA) is 67.6 Å². The highest BCUT2D eigenvalue weighted by Crippen LogP contribution is 2.25. The summed E-state index contributed by atoms with van der Waals surface area (Å²) in [5.41, 5.74) is 6.46. The average molecular weight is 326 g/mol. The Morgan fingerprint density at radius 1 is 1.55 bits per heavy atom. The molecule has 1 aromatic carbocycles. The molecule has 1 atom stereocenters. The average Bonchev–Trinajstić information content (AvgIpc) is 2.55. The zero-order valence-electron chi connectivity index (χ0n) is 13.0. The van der Waals surface area contributed by atoms with Crippen molar-refractivity contribution in [1.29, 1.82) is 0 Å². The third kappa shape index (κ3) is 4.60. The van der Waals surface area contributed by atoms with E-state index in [4.69, 9.17) is 22.1 Å². The summed E-state index contributed by atoms with van der Waals surface area (Å²) in [6.07, 6.45) is 1.95. The first-order valence-electron chi connectivity index (χ1n) is 7.66. The fourth-order valence-electron chi connectivity index (χ4n) is 2.79. The Kier molecular flexibility index (Phi) is 6.49. The summed E-state index contributed by atoms with van der Waals surface area (Å²) in [4.78, 5) is 14.4. The SMILES string of the molecule is COc1ccc(Cl)c(CN2CCCC(C(=O)NCCN)C2)c1. The maximum absolute atomic E-state index is 12.1. The number of nitrogens with zero attached hydrogens (tertiary/aromatic N) is 1. The largest absolute Gasteiger partial charge is 0.497 e. The molecule has 0 bridgehead atoms. The molecule has 0 spiro atoms. The lowest BCUT2D eigenvalue weighted by atomic mass is 9.96. The first-order chi connectivity index (χ1) is 10.6. The zero-order chi connectivity index (χ0) is 15.9. The van der Waals surface area contributed by atoms with Crippen LogP contribution in [0.4, 0.5) is 0 Å². The van der Waals surface area contributed by atoms with Crippen molar-refractivity contribution in [3.8, 4) is 5.75 Å². The summed E-state index contributed by atoms with van der Waals surface area (Å²) in [6, 6.07) is 5.66. The molecule has 0 radical (unpaired) electrons. The van der Waals surface area contributed by atoms with Crippen molar-refractivity contribution >= 4 is 17.5 Å². The molecule has 1 aliphatic heterocycles. The van der Waals surface area contributed by atoms with Crippen LogP contribution in [-0.4, -0.2) is 44.1 Å². The van der Waals surface area contributed by atoms with Crippen LogP contribution in [0.25, 0.3) is 0 Å². The van der Waals surface area contributed by atoms with Gasteiger partial charge in [0, 0.05) is 31.2 Å². The number of halogens is 1. The quantitative estimate of drug-likeness (QED) is 0.834. The van der Waals surface area contributed by atoms with Crippen LogP contribution >= 0.6 is 11.6 Å². The molecule has 1 fully saturated rings. The third-order valence-corrected chi connectivity index (χ3v) is 4.34. The number of likely N-dealkylation sites (tertiary alicyclic amines) is 1. The minimum absolute atomic E-state index is 0.0321. The lowest BCUT2D eigenvalue weighted by Gasteiger charge is -2.32. The summed E-state index contributed by atoms with van der Waals surface area (Å²) >= 11 is 6.26. The molecule has 6 heteroatoms. The van der Waals surface area contributed by atoms with Crippen molar-refractivity contribution in [2.45, 2.75) is 19.4 Å². The van der Waals surface area contributed by atoms with Gasteiger partial charge in [-0.2, -0.15) is 0 Å². The highest BCUT2D eigenvalue weighted by molar-refractivity contribution is 6.31. The minimum atomic E-state index is 0.0321. The second-order valence-corrected chi connectivity index (χ2v) is 6.02. The molecule has 0 saturated carbocycles. The molecule has 1 unspecified atom stereocenters. The standard InChI is InChI=1S/C16H24ClN3O2/c1-22-14-4-5-15(17)13(9-14)11-20-8-2-3-12(10-20)16(21)19-7-6-18/h4-5,9,12H,2-3,6-8,10-11,18H2,1H3,(H,19,21). The third-order valence-electron chi connectivity index (χ3n) is 3.97. The van der Waals surface area contributed by atoms with Gasteiger partial charge in [-0.25, -0.2) is 0 Å². The Labute approximate surface area is 136 Å². The van der Waals surface area contributed by atoms with Crippen LogP contribution in [0.5, 0.6) is 5.75 Å². The normalized spacial score (nSPS) is 19.0. The smallest absolute Gasteiger partial charge is 0.224 e. The fourth-order valence-corrected chi connectivity index (χ4v) is 2.97. The number of hydrogen-bond donors (Lipinski definition) is 2. The fraction of sp³-hybridized carbons (Fsp3) is 0.562. The van der Waals surface area contributed by atoms with E-state index in [1.807, 2.05) is 18.2 Å². The molecule has 3 N–H and O–H groups in total. The zero-order valence-corrected chi connectivity index (χ0v) is 13.7. The number of rotatable bonds is 6. The molecule has 1 saturated heterocycles.